The van der Waals surface area contributed by atoms with Crippen LogP contribution in [-0.4, -0.2) is 31.0 Å². The highest BCUT2D eigenvalue weighted by atomic mass is 35.5. The number of benzene rings is 2. The molecule has 0 saturated carbocycles. The number of nitrogens with zero attached hydrogens (tertiary/aromatic N) is 2. The molecule has 7 nitrogen and oxygen atoms in total. The number of carbonyl (C=O) groups excluding carboxylic acids is 1. The molecule has 4 rings (SSSR count). The molecule has 0 aliphatic rings. The maximum atomic E-state index is 13.2. The lowest BCUT2D eigenvalue weighted by molar-refractivity contribution is 0.102. The molecule has 4 aromatic rings. The molecule has 2 heterocycles. The minimum Gasteiger partial charge on any atom is -0.493 e. The Hall–Kier alpha value is -3.29. The van der Waals surface area contributed by atoms with Crippen molar-refractivity contribution in [3.8, 4) is 5.75 Å². The highest BCUT2D eigenvalue weighted by molar-refractivity contribution is 6.40. The molecule has 2 aromatic heterocycles. The predicted octanol–water partition coefficient (Wildman–Crippen LogP) is 6.25. The second-order valence-corrected chi connectivity index (χ2v) is 7.24. The van der Waals surface area contributed by atoms with Crippen LogP contribution in [0.2, 0.25) is 10.0 Å². The Morgan fingerprint density at radius 3 is 2.71 bits per heavy atom. The fourth-order valence-corrected chi connectivity index (χ4v) is 3.62. The van der Waals surface area contributed by atoms with Gasteiger partial charge in [0.2, 0.25) is 0 Å². The van der Waals surface area contributed by atoms with Crippen molar-refractivity contribution in [3.63, 3.8) is 0 Å². The van der Waals surface area contributed by atoms with Crippen LogP contribution < -0.4 is 10.1 Å². The molecule has 1 amide bonds. The number of amides is 1. The van der Waals surface area contributed by atoms with E-state index in [4.69, 9.17) is 37.1 Å². The fourth-order valence-electron chi connectivity index (χ4n) is 3.16. The summed E-state index contributed by atoms with van der Waals surface area (Å²) in [5.41, 5.74) is 2.33. The number of ether oxygens (including phenoxy) is 2. The van der Waals surface area contributed by atoms with E-state index in [2.05, 4.69) is 15.3 Å². The highest BCUT2D eigenvalue weighted by Crippen LogP contribution is 2.39. The number of halogens is 2. The van der Waals surface area contributed by atoms with Crippen molar-refractivity contribution < 1.29 is 18.7 Å². The second kappa shape index (κ2) is 8.83. The Morgan fingerprint density at radius 1 is 1.23 bits per heavy atom. The van der Waals surface area contributed by atoms with Gasteiger partial charge in [0.15, 0.2) is 17.7 Å². The standard InChI is InChI=1S/C22H17Cl2N3O4/c1-3-30-11-26-12-4-6-17-14(8-12)19-13(5-7-18(29-2)21(19)31-17)22(28)27-20-15(23)9-25-10-16(20)24/h4-11H,3H2,1-2H3,(H,25,27,28). The number of pyridine rings is 1. The van der Waals surface area contributed by atoms with E-state index < -0.39 is 5.91 Å². The van der Waals surface area contributed by atoms with Crippen molar-refractivity contribution in [3.05, 3.63) is 58.3 Å². The zero-order valence-corrected chi connectivity index (χ0v) is 18.1. The lowest BCUT2D eigenvalue weighted by atomic mass is 10.0. The van der Waals surface area contributed by atoms with Crippen LogP contribution in [0.4, 0.5) is 11.4 Å². The normalized spacial score (nSPS) is 11.4. The first-order chi connectivity index (χ1) is 15.0. The molecule has 0 atom stereocenters. The van der Waals surface area contributed by atoms with Gasteiger partial charge >= 0.3 is 0 Å². The van der Waals surface area contributed by atoms with Crippen LogP contribution in [0, 0.1) is 0 Å². The number of hydrogen-bond donors (Lipinski definition) is 1. The van der Waals surface area contributed by atoms with Crippen LogP contribution in [-0.2, 0) is 4.74 Å². The number of aliphatic imine (C=N–C) groups is 1. The van der Waals surface area contributed by atoms with E-state index in [0.717, 1.165) is 0 Å². The van der Waals surface area contributed by atoms with Gasteiger partial charge in [-0.2, -0.15) is 0 Å². The number of methoxy groups -OCH3 is 1. The first-order valence-electron chi connectivity index (χ1n) is 9.31. The maximum Gasteiger partial charge on any atom is 0.256 e. The van der Waals surface area contributed by atoms with Crippen molar-refractivity contribution in [1.29, 1.82) is 0 Å². The fraction of sp³-hybridized carbons (Fsp3) is 0.136. The number of nitrogens with one attached hydrogen (secondary N) is 1. The molecule has 0 bridgehead atoms. The van der Waals surface area contributed by atoms with Gasteiger partial charge in [0.25, 0.3) is 5.91 Å². The number of anilines is 1. The quantitative estimate of drug-likeness (QED) is 0.273. The predicted molar refractivity (Wildman–Crippen MR) is 122 cm³/mol. The zero-order valence-electron chi connectivity index (χ0n) is 16.6. The molecule has 2 aromatic carbocycles. The smallest absolute Gasteiger partial charge is 0.256 e. The molecule has 158 valence electrons. The molecule has 0 spiro atoms. The summed E-state index contributed by atoms with van der Waals surface area (Å²) in [6.07, 6.45) is 4.19. The molecule has 0 radical (unpaired) electrons. The van der Waals surface area contributed by atoms with Crippen LogP contribution in [0.1, 0.15) is 17.3 Å². The van der Waals surface area contributed by atoms with Gasteiger partial charge in [0, 0.05) is 23.2 Å². The van der Waals surface area contributed by atoms with Gasteiger partial charge in [0.05, 0.1) is 40.7 Å². The minimum atomic E-state index is -0.409. The third-order valence-corrected chi connectivity index (χ3v) is 5.14. The minimum absolute atomic E-state index is 0.232. The average molecular weight is 458 g/mol. The third kappa shape index (κ3) is 4.02. The van der Waals surface area contributed by atoms with E-state index in [1.54, 1.807) is 24.3 Å². The monoisotopic (exact) mass is 457 g/mol. The molecular weight excluding hydrogens is 441 g/mol. The van der Waals surface area contributed by atoms with Gasteiger partial charge in [-0.15, -0.1) is 0 Å². The number of carbonyl (C=O) groups is 1. The summed E-state index contributed by atoms with van der Waals surface area (Å²) >= 11 is 12.3. The average Bonchev–Trinajstić information content (AvgIpc) is 3.15. The Balaban J connectivity index is 1.87. The first kappa shape index (κ1) is 21.0. The number of hydrogen-bond acceptors (Lipinski definition) is 6. The van der Waals surface area contributed by atoms with Crippen LogP contribution in [0.3, 0.4) is 0 Å². The molecule has 0 unspecified atom stereocenters. The van der Waals surface area contributed by atoms with Gasteiger partial charge in [-0.25, -0.2) is 4.99 Å². The number of rotatable bonds is 6. The van der Waals surface area contributed by atoms with Gasteiger partial charge in [0.1, 0.15) is 5.58 Å². The van der Waals surface area contributed by atoms with E-state index in [1.165, 1.54) is 25.9 Å². The van der Waals surface area contributed by atoms with Crippen LogP contribution in [0.25, 0.3) is 21.9 Å². The summed E-state index contributed by atoms with van der Waals surface area (Å²) in [5, 5.41) is 4.51. The molecule has 31 heavy (non-hydrogen) atoms. The molecule has 0 aliphatic carbocycles. The van der Waals surface area contributed by atoms with Crippen molar-refractivity contribution in [2.24, 2.45) is 4.99 Å². The maximum absolute atomic E-state index is 13.2. The van der Waals surface area contributed by atoms with E-state index in [1.807, 2.05) is 13.0 Å². The molecule has 0 aliphatic heterocycles. The van der Waals surface area contributed by atoms with Crippen LogP contribution >= 0.6 is 23.2 Å². The molecule has 0 saturated heterocycles. The van der Waals surface area contributed by atoms with Gasteiger partial charge in [-0.3, -0.25) is 9.78 Å². The number of furan rings is 1. The SMILES string of the molecule is CCOC=Nc1ccc2oc3c(OC)ccc(C(=O)Nc4c(Cl)cncc4Cl)c3c2c1. The Kier molecular flexibility index (Phi) is 5.97. The van der Waals surface area contributed by atoms with Crippen LogP contribution in [0.15, 0.2) is 52.1 Å². The molecule has 9 heteroatoms. The van der Waals surface area contributed by atoms with E-state index in [0.29, 0.717) is 45.5 Å². The highest BCUT2D eigenvalue weighted by Gasteiger charge is 2.21. The Labute approximate surface area is 187 Å². The summed E-state index contributed by atoms with van der Waals surface area (Å²) in [5.74, 6) is 0.0932. The van der Waals surface area contributed by atoms with Crippen molar-refractivity contribution in [1.82, 2.24) is 4.98 Å². The largest absolute Gasteiger partial charge is 0.493 e. The van der Waals surface area contributed by atoms with Gasteiger partial charge in [-0.1, -0.05) is 23.2 Å². The van der Waals surface area contributed by atoms with Gasteiger partial charge in [-0.05, 0) is 37.3 Å². The summed E-state index contributed by atoms with van der Waals surface area (Å²) < 4.78 is 16.6. The molecule has 1 N–H and O–H groups in total. The lowest BCUT2D eigenvalue weighted by Crippen LogP contribution is -2.13. The Morgan fingerprint density at radius 2 is 2.00 bits per heavy atom. The summed E-state index contributed by atoms with van der Waals surface area (Å²) in [6.45, 7) is 2.39. The summed E-state index contributed by atoms with van der Waals surface area (Å²) in [6, 6.07) is 8.72. The van der Waals surface area contributed by atoms with E-state index in [9.17, 15) is 4.79 Å². The topological polar surface area (TPSA) is 86.0 Å². The van der Waals surface area contributed by atoms with E-state index in [-0.39, 0.29) is 15.7 Å². The zero-order chi connectivity index (χ0) is 22.0. The number of aromatic nitrogens is 1. The number of fused-ring (bicyclic) bond motifs is 3. The van der Waals surface area contributed by atoms with Crippen molar-refractivity contribution in [2.45, 2.75) is 6.92 Å². The lowest BCUT2D eigenvalue weighted by Gasteiger charge is -2.10. The van der Waals surface area contributed by atoms with Gasteiger partial charge < -0.3 is 19.2 Å². The van der Waals surface area contributed by atoms with E-state index >= 15 is 0 Å². The van der Waals surface area contributed by atoms with Crippen molar-refractivity contribution in [2.75, 3.05) is 19.0 Å². The van der Waals surface area contributed by atoms with Crippen LogP contribution in [0.5, 0.6) is 5.75 Å². The third-order valence-electron chi connectivity index (χ3n) is 4.57. The molecular formula is C22H17Cl2N3O4. The summed E-state index contributed by atoms with van der Waals surface area (Å²) in [4.78, 5) is 21.4. The Bertz CT molecular complexity index is 1300. The van der Waals surface area contributed by atoms with Crippen molar-refractivity contribution >= 4 is 68.8 Å². The second-order valence-electron chi connectivity index (χ2n) is 6.42. The molecule has 0 fully saturated rings. The summed E-state index contributed by atoms with van der Waals surface area (Å²) in [7, 11) is 1.54. The first-order valence-corrected chi connectivity index (χ1v) is 10.1.